The Kier molecular flexibility index (Phi) is 6.73. The molecule has 9 nitrogen and oxygen atoms in total. The fraction of sp³-hybridized carbons (Fsp3) is 0.185. The number of fused-ring (bicyclic) bond motifs is 1. The van der Waals surface area contributed by atoms with Crippen molar-refractivity contribution in [2.24, 2.45) is 0 Å². The highest BCUT2D eigenvalue weighted by Gasteiger charge is 2.33. The number of carbonyl (C=O) groups excluding carboxylic acids is 1. The van der Waals surface area contributed by atoms with Gasteiger partial charge in [-0.15, -0.1) is 0 Å². The first-order valence-electron chi connectivity index (χ1n) is 10.9. The van der Waals surface area contributed by atoms with Crippen molar-refractivity contribution >= 4 is 16.9 Å². The van der Waals surface area contributed by atoms with E-state index in [9.17, 15) is 24.9 Å². The predicted molar refractivity (Wildman–Crippen MR) is 131 cm³/mol. The monoisotopic (exact) mass is 492 g/mol. The van der Waals surface area contributed by atoms with Crippen molar-refractivity contribution in [2.75, 3.05) is 21.3 Å². The van der Waals surface area contributed by atoms with Crippen molar-refractivity contribution in [2.45, 2.75) is 12.3 Å². The van der Waals surface area contributed by atoms with Crippen LogP contribution in [0.4, 0.5) is 0 Å². The summed E-state index contributed by atoms with van der Waals surface area (Å²) in [6, 6.07) is 14.8. The van der Waals surface area contributed by atoms with E-state index in [2.05, 4.69) is 0 Å². The Morgan fingerprint density at radius 3 is 2.28 bits per heavy atom. The van der Waals surface area contributed by atoms with Crippen LogP contribution in [0.15, 0.2) is 63.8 Å². The smallest absolute Gasteiger partial charge is 0.306 e. The lowest BCUT2D eigenvalue weighted by atomic mass is 9.85. The van der Waals surface area contributed by atoms with Gasteiger partial charge in [-0.1, -0.05) is 30.3 Å². The van der Waals surface area contributed by atoms with Crippen LogP contribution in [0.1, 0.15) is 23.5 Å². The molecule has 4 rings (SSSR count). The number of esters is 1. The zero-order valence-corrected chi connectivity index (χ0v) is 19.8. The quantitative estimate of drug-likeness (QED) is 0.255. The standard InChI is InChI=1S/C27H24O9/c1-33-15-9-10-19(34-2)16(11-15)17(12-21(29)35-3)22-24(30)26(32)25(31)23-18(28)13-20(36-27(22)23)14-7-5-4-6-8-14/h4-11,13,17,30-32H,12H2,1-3H3/t17-/m0/s1. The zero-order chi connectivity index (χ0) is 26.0. The molecule has 1 aromatic heterocycles. The molecule has 3 aromatic carbocycles. The summed E-state index contributed by atoms with van der Waals surface area (Å²) in [5.74, 6) is -3.27. The lowest BCUT2D eigenvalue weighted by Gasteiger charge is -2.23. The van der Waals surface area contributed by atoms with Crippen molar-refractivity contribution in [1.29, 1.82) is 0 Å². The minimum absolute atomic E-state index is 0.105. The first kappa shape index (κ1) is 24.5. The molecular formula is C27H24O9. The van der Waals surface area contributed by atoms with E-state index >= 15 is 0 Å². The van der Waals surface area contributed by atoms with Crippen LogP contribution in [-0.2, 0) is 9.53 Å². The molecule has 0 fully saturated rings. The third-order valence-corrected chi connectivity index (χ3v) is 5.95. The van der Waals surface area contributed by atoms with Crippen LogP contribution >= 0.6 is 0 Å². The number of methoxy groups -OCH3 is 3. The van der Waals surface area contributed by atoms with Crippen LogP contribution in [0.2, 0.25) is 0 Å². The predicted octanol–water partition coefficient (Wildman–Crippen LogP) is 4.29. The Morgan fingerprint density at radius 1 is 0.917 bits per heavy atom. The molecule has 3 N–H and O–H groups in total. The molecular weight excluding hydrogens is 468 g/mol. The molecule has 36 heavy (non-hydrogen) atoms. The van der Waals surface area contributed by atoms with Crippen molar-refractivity contribution in [3.63, 3.8) is 0 Å². The molecule has 186 valence electrons. The maximum atomic E-state index is 13.1. The molecule has 0 bridgehead atoms. The molecule has 1 heterocycles. The van der Waals surface area contributed by atoms with Gasteiger partial charge in [0.15, 0.2) is 16.9 Å². The van der Waals surface area contributed by atoms with E-state index in [1.54, 1.807) is 48.5 Å². The summed E-state index contributed by atoms with van der Waals surface area (Å²) in [4.78, 5) is 25.6. The van der Waals surface area contributed by atoms with Gasteiger partial charge < -0.3 is 33.9 Å². The molecule has 9 heteroatoms. The van der Waals surface area contributed by atoms with E-state index in [0.29, 0.717) is 22.6 Å². The highest BCUT2D eigenvalue weighted by molar-refractivity contribution is 5.94. The summed E-state index contributed by atoms with van der Waals surface area (Å²) in [5, 5.41) is 31.8. The summed E-state index contributed by atoms with van der Waals surface area (Å²) in [6.07, 6.45) is -0.327. The van der Waals surface area contributed by atoms with Gasteiger partial charge >= 0.3 is 5.97 Å². The lowest BCUT2D eigenvalue weighted by molar-refractivity contribution is -0.140. The van der Waals surface area contributed by atoms with Crippen LogP contribution in [0.3, 0.4) is 0 Å². The zero-order valence-electron chi connectivity index (χ0n) is 19.8. The summed E-state index contributed by atoms with van der Waals surface area (Å²) in [7, 11) is 4.10. The average molecular weight is 492 g/mol. The Morgan fingerprint density at radius 2 is 1.64 bits per heavy atom. The van der Waals surface area contributed by atoms with Gasteiger partial charge in [0, 0.05) is 28.7 Å². The molecule has 0 spiro atoms. The average Bonchev–Trinajstić information content (AvgIpc) is 2.90. The number of phenolic OH excluding ortho intramolecular Hbond substituents is 3. The number of aromatic hydroxyl groups is 3. The first-order chi connectivity index (χ1) is 17.3. The van der Waals surface area contributed by atoms with E-state index in [0.717, 1.165) is 0 Å². The Balaban J connectivity index is 2.13. The van der Waals surface area contributed by atoms with Gasteiger partial charge in [-0.3, -0.25) is 9.59 Å². The third-order valence-electron chi connectivity index (χ3n) is 5.95. The molecule has 0 saturated heterocycles. The van der Waals surface area contributed by atoms with Crippen LogP contribution < -0.4 is 14.9 Å². The summed E-state index contributed by atoms with van der Waals surface area (Å²) >= 11 is 0. The number of phenols is 3. The molecule has 1 atom stereocenters. The van der Waals surface area contributed by atoms with Gasteiger partial charge in [0.2, 0.25) is 5.75 Å². The molecule has 0 unspecified atom stereocenters. The van der Waals surface area contributed by atoms with E-state index in [1.807, 2.05) is 0 Å². The second-order valence-corrected chi connectivity index (χ2v) is 7.95. The Hall–Kier alpha value is -4.66. The summed E-state index contributed by atoms with van der Waals surface area (Å²) < 4.78 is 21.8. The topological polar surface area (TPSA) is 136 Å². The molecule has 0 aliphatic rings. The molecule has 0 amide bonds. The van der Waals surface area contributed by atoms with Crippen LogP contribution in [-0.4, -0.2) is 42.6 Å². The van der Waals surface area contributed by atoms with Crippen molar-refractivity contribution < 1.29 is 38.7 Å². The molecule has 4 aromatic rings. The van der Waals surface area contributed by atoms with Gasteiger partial charge in [0.1, 0.15) is 28.2 Å². The number of carbonyl (C=O) groups is 1. The van der Waals surface area contributed by atoms with Crippen molar-refractivity contribution in [3.8, 4) is 40.1 Å². The van der Waals surface area contributed by atoms with Gasteiger partial charge in [-0.05, 0) is 18.2 Å². The number of rotatable bonds is 7. The lowest BCUT2D eigenvalue weighted by Crippen LogP contribution is -2.13. The van der Waals surface area contributed by atoms with Crippen molar-refractivity contribution in [1.82, 2.24) is 0 Å². The number of hydrogen-bond acceptors (Lipinski definition) is 9. The first-order valence-corrected chi connectivity index (χ1v) is 10.9. The Labute approximate surface area is 205 Å². The van der Waals surface area contributed by atoms with Gasteiger partial charge in [0.25, 0.3) is 0 Å². The minimum atomic E-state index is -1.04. The maximum absolute atomic E-state index is 13.1. The molecule has 0 radical (unpaired) electrons. The molecule has 0 aliphatic heterocycles. The largest absolute Gasteiger partial charge is 0.504 e. The fourth-order valence-electron chi connectivity index (χ4n) is 4.17. The van der Waals surface area contributed by atoms with Crippen LogP contribution in [0.25, 0.3) is 22.3 Å². The molecule has 0 saturated carbocycles. The van der Waals surface area contributed by atoms with Crippen LogP contribution in [0.5, 0.6) is 28.7 Å². The maximum Gasteiger partial charge on any atom is 0.306 e. The number of benzene rings is 3. The summed E-state index contributed by atoms with van der Waals surface area (Å²) in [6.45, 7) is 0. The normalized spacial score (nSPS) is 11.8. The second-order valence-electron chi connectivity index (χ2n) is 7.95. The number of ether oxygens (including phenoxy) is 3. The van der Waals surface area contributed by atoms with Gasteiger partial charge in [-0.25, -0.2) is 0 Å². The van der Waals surface area contributed by atoms with Gasteiger partial charge in [-0.2, -0.15) is 0 Å². The Bertz CT molecular complexity index is 1490. The van der Waals surface area contributed by atoms with Gasteiger partial charge in [0.05, 0.1) is 27.8 Å². The second kappa shape index (κ2) is 9.91. The number of hydrogen-bond donors (Lipinski definition) is 3. The van der Waals surface area contributed by atoms with Crippen LogP contribution in [0, 0.1) is 0 Å². The van der Waals surface area contributed by atoms with E-state index in [-0.39, 0.29) is 28.7 Å². The van der Waals surface area contributed by atoms with E-state index < -0.39 is 34.6 Å². The SMILES string of the molecule is COC(=O)C[C@@H](c1cc(OC)ccc1OC)c1c(O)c(O)c(O)c2c(=O)cc(-c3ccccc3)oc12. The highest BCUT2D eigenvalue weighted by Crippen LogP contribution is 2.50. The fourth-order valence-corrected chi connectivity index (χ4v) is 4.17. The minimum Gasteiger partial charge on any atom is -0.504 e. The third kappa shape index (κ3) is 4.26. The summed E-state index contributed by atoms with van der Waals surface area (Å²) in [5.41, 5.74) is -0.00618. The van der Waals surface area contributed by atoms with E-state index in [1.165, 1.54) is 27.4 Å². The van der Waals surface area contributed by atoms with E-state index in [4.69, 9.17) is 18.6 Å². The van der Waals surface area contributed by atoms with Crippen molar-refractivity contribution in [3.05, 3.63) is 75.9 Å². The highest BCUT2D eigenvalue weighted by atomic mass is 16.5. The molecule has 0 aliphatic carbocycles.